The van der Waals surface area contributed by atoms with E-state index in [0.717, 1.165) is 11.3 Å². The van der Waals surface area contributed by atoms with E-state index < -0.39 is 0 Å². The first-order valence-corrected chi connectivity index (χ1v) is 5.06. The highest BCUT2D eigenvalue weighted by atomic mass is 16.1. The normalized spacial score (nSPS) is 12.3. The van der Waals surface area contributed by atoms with Gasteiger partial charge < -0.3 is 10.3 Å². The Hall–Kier alpha value is -2.10. The van der Waals surface area contributed by atoms with Crippen LogP contribution in [0.1, 0.15) is 18.4 Å². The Kier molecular flexibility index (Phi) is 2.72. The first kappa shape index (κ1) is 10.4. The number of benzene rings is 1. The second kappa shape index (κ2) is 4.18. The van der Waals surface area contributed by atoms with E-state index in [4.69, 9.17) is 5.73 Å². The second-order valence-electron chi connectivity index (χ2n) is 3.69. The van der Waals surface area contributed by atoms with Crippen LogP contribution in [0.15, 0.2) is 43.0 Å². The van der Waals surface area contributed by atoms with Gasteiger partial charge in [-0.05, 0) is 24.6 Å². The van der Waals surface area contributed by atoms with Gasteiger partial charge in [0.25, 0.3) is 0 Å². The smallest absolute Gasteiger partial charge is 0.224 e. The summed E-state index contributed by atoms with van der Waals surface area (Å²) in [5.41, 5.74) is 7.19. The van der Waals surface area contributed by atoms with Crippen molar-refractivity contribution in [3.63, 3.8) is 0 Å². The van der Waals surface area contributed by atoms with Crippen LogP contribution in [-0.2, 0) is 4.79 Å². The lowest BCUT2D eigenvalue weighted by Crippen LogP contribution is -2.18. The third kappa shape index (κ3) is 1.95. The van der Waals surface area contributed by atoms with Crippen molar-refractivity contribution in [2.75, 3.05) is 0 Å². The molecule has 82 valence electrons. The van der Waals surface area contributed by atoms with Gasteiger partial charge in [-0.3, -0.25) is 4.79 Å². The highest BCUT2D eigenvalue weighted by molar-refractivity contribution is 5.81. The number of primary amides is 1. The summed E-state index contributed by atoms with van der Waals surface area (Å²) in [6.07, 6.45) is 5.32. The van der Waals surface area contributed by atoms with Gasteiger partial charge in [0.1, 0.15) is 0 Å². The van der Waals surface area contributed by atoms with Crippen LogP contribution in [0.5, 0.6) is 0 Å². The maximum Gasteiger partial charge on any atom is 0.224 e. The molecule has 1 atom stereocenters. The Labute approximate surface area is 93.7 Å². The largest absolute Gasteiger partial charge is 0.369 e. The predicted molar refractivity (Wildman–Crippen MR) is 61.2 cm³/mol. The first-order valence-electron chi connectivity index (χ1n) is 5.06. The number of carbonyl (C=O) groups is 1. The van der Waals surface area contributed by atoms with Crippen molar-refractivity contribution in [3.05, 3.63) is 48.5 Å². The van der Waals surface area contributed by atoms with Gasteiger partial charge in [0.2, 0.25) is 5.91 Å². The maximum absolute atomic E-state index is 11.0. The number of hydrogen-bond acceptors (Lipinski definition) is 2. The number of aromatic nitrogens is 2. The highest BCUT2D eigenvalue weighted by Gasteiger charge is 2.10. The quantitative estimate of drug-likeness (QED) is 0.842. The zero-order valence-electron chi connectivity index (χ0n) is 9.00. The van der Waals surface area contributed by atoms with E-state index in [0.29, 0.717) is 0 Å². The lowest BCUT2D eigenvalue weighted by Gasteiger charge is -2.08. The fourth-order valence-corrected chi connectivity index (χ4v) is 1.51. The van der Waals surface area contributed by atoms with Gasteiger partial charge in [-0.15, -0.1) is 0 Å². The second-order valence-corrected chi connectivity index (χ2v) is 3.69. The Morgan fingerprint density at radius 1 is 1.38 bits per heavy atom. The summed E-state index contributed by atoms with van der Waals surface area (Å²) in [6, 6.07) is 7.70. The van der Waals surface area contributed by atoms with E-state index >= 15 is 0 Å². The maximum atomic E-state index is 11.0. The zero-order valence-corrected chi connectivity index (χ0v) is 9.00. The molecule has 0 saturated heterocycles. The number of nitrogens with zero attached hydrogens (tertiary/aromatic N) is 2. The van der Waals surface area contributed by atoms with Gasteiger partial charge in [0.15, 0.2) is 0 Å². The molecule has 0 radical (unpaired) electrons. The van der Waals surface area contributed by atoms with E-state index in [1.54, 1.807) is 19.4 Å². The standard InChI is InChI=1S/C12H13N3O/c1-9(12(13)16)10-2-4-11(5-3-10)15-7-6-14-8-15/h2-9H,1H3,(H2,13,16). The number of rotatable bonds is 3. The summed E-state index contributed by atoms with van der Waals surface area (Å²) in [4.78, 5) is 15.0. The summed E-state index contributed by atoms with van der Waals surface area (Å²) < 4.78 is 1.90. The van der Waals surface area contributed by atoms with Crippen LogP contribution < -0.4 is 5.73 Å². The molecule has 0 aliphatic carbocycles. The molecule has 1 aromatic heterocycles. The average molecular weight is 215 g/mol. The van der Waals surface area contributed by atoms with Crippen molar-refractivity contribution in [2.45, 2.75) is 12.8 Å². The molecule has 0 bridgehead atoms. The van der Waals surface area contributed by atoms with Crippen molar-refractivity contribution < 1.29 is 4.79 Å². The Balaban J connectivity index is 2.26. The molecule has 0 aliphatic heterocycles. The Morgan fingerprint density at radius 2 is 2.06 bits per heavy atom. The van der Waals surface area contributed by atoms with E-state index in [1.807, 2.05) is 35.0 Å². The lowest BCUT2D eigenvalue weighted by atomic mass is 10.0. The fraction of sp³-hybridized carbons (Fsp3) is 0.167. The van der Waals surface area contributed by atoms with Crippen molar-refractivity contribution in [1.82, 2.24) is 9.55 Å². The van der Waals surface area contributed by atoms with Gasteiger partial charge in [-0.2, -0.15) is 0 Å². The minimum Gasteiger partial charge on any atom is -0.369 e. The van der Waals surface area contributed by atoms with Gasteiger partial charge in [-0.25, -0.2) is 4.98 Å². The third-order valence-electron chi connectivity index (χ3n) is 2.62. The van der Waals surface area contributed by atoms with Crippen molar-refractivity contribution in [1.29, 1.82) is 0 Å². The Bertz CT molecular complexity index is 473. The van der Waals surface area contributed by atoms with Crippen molar-refractivity contribution in [2.24, 2.45) is 5.73 Å². The van der Waals surface area contributed by atoms with E-state index in [2.05, 4.69) is 4.98 Å². The molecular formula is C12H13N3O. The fourth-order valence-electron chi connectivity index (χ4n) is 1.51. The molecular weight excluding hydrogens is 202 g/mol. The molecule has 0 spiro atoms. The molecule has 2 N–H and O–H groups in total. The number of imidazole rings is 1. The summed E-state index contributed by atoms with van der Waals surface area (Å²) in [5.74, 6) is -0.563. The highest BCUT2D eigenvalue weighted by Crippen LogP contribution is 2.16. The number of nitrogens with two attached hydrogens (primary N) is 1. The number of hydrogen-bond donors (Lipinski definition) is 1. The minimum atomic E-state index is -0.310. The number of carbonyl (C=O) groups excluding carboxylic acids is 1. The van der Waals surface area contributed by atoms with Gasteiger partial charge >= 0.3 is 0 Å². The lowest BCUT2D eigenvalue weighted by molar-refractivity contribution is -0.119. The zero-order chi connectivity index (χ0) is 11.5. The molecule has 1 heterocycles. The summed E-state index contributed by atoms with van der Waals surface area (Å²) in [5, 5.41) is 0. The van der Waals surface area contributed by atoms with Crippen molar-refractivity contribution in [3.8, 4) is 5.69 Å². The van der Waals surface area contributed by atoms with Crippen LogP contribution in [0.3, 0.4) is 0 Å². The van der Waals surface area contributed by atoms with Gasteiger partial charge in [-0.1, -0.05) is 12.1 Å². The van der Waals surface area contributed by atoms with Crippen LogP contribution in [0, 0.1) is 0 Å². The molecule has 1 unspecified atom stereocenters. The van der Waals surface area contributed by atoms with Crippen LogP contribution in [0.2, 0.25) is 0 Å². The monoisotopic (exact) mass is 215 g/mol. The van der Waals surface area contributed by atoms with Crippen LogP contribution in [0.25, 0.3) is 5.69 Å². The van der Waals surface area contributed by atoms with E-state index in [9.17, 15) is 4.79 Å². The average Bonchev–Trinajstić information content (AvgIpc) is 2.81. The summed E-state index contributed by atoms with van der Waals surface area (Å²) >= 11 is 0. The molecule has 4 nitrogen and oxygen atoms in total. The van der Waals surface area contributed by atoms with E-state index in [-0.39, 0.29) is 11.8 Å². The van der Waals surface area contributed by atoms with Gasteiger partial charge in [0, 0.05) is 18.1 Å². The molecule has 16 heavy (non-hydrogen) atoms. The van der Waals surface area contributed by atoms with Gasteiger partial charge in [0.05, 0.1) is 12.2 Å². The molecule has 2 aromatic rings. The first-order chi connectivity index (χ1) is 7.68. The van der Waals surface area contributed by atoms with Crippen molar-refractivity contribution >= 4 is 5.91 Å². The molecule has 1 aromatic carbocycles. The molecule has 4 heteroatoms. The SMILES string of the molecule is CC(C(N)=O)c1ccc(-n2ccnc2)cc1. The Morgan fingerprint density at radius 3 is 2.56 bits per heavy atom. The molecule has 0 saturated carbocycles. The molecule has 0 aliphatic rings. The molecule has 0 fully saturated rings. The van der Waals surface area contributed by atoms with Crippen LogP contribution in [0.4, 0.5) is 0 Å². The topological polar surface area (TPSA) is 60.9 Å². The summed E-state index contributed by atoms with van der Waals surface area (Å²) in [6.45, 7) is 1.80. The molecule has 1 amide bonds. The summed E-state index contributed by atoms with van der Waals surface area (Å²) in [7, 11) is 0. The molecule has 2 rings (SSSR count). The van der Waals surface area contributed by atoms with Crippen LogP contribution >= 0.6 is 0 Å². The van der Waals surface area contributed by atoms with E-state index in [1.165, 1.54) is 0 Å². The minimum absolute atomic E-state index is 0.253. The predicted octanol–water partition coefficient (Wildman–Crippen LogP) is 1.46. The third-order valence-corrected chi connectivity index (χ3v) is 2.62. The number of amides is 1. The van der Waals surface area contributed by atoms with Crippen LogP contribution in [-0.4, -0.2) is 15.5 Å².